The molecule has 0 N–H and O–H groups in total. The van der Waals surface area contributed by atoms with Gasteiger partial charge in [0.15, 0.2) is 11.6 Å². The fraction of sp³-hybridized carbons (Fsp3) is 0.154. The Balaban J connectivity index is 2.27. The summed E-state index contributed by atoms with van der Waals surface area (Å²) in [7, 11) is 1.68. The van der Waals surface area contributed by atoms with Gasteiger partial charge in [-0.05, 0) is 45.1 Å². The van der Waals surface area contributed by atoms with E-state index in [9.17, 15) is 8.78 Å². The highest BCUT2D eigenvalue weighted by molar-refractivity contribution is 9.11. The molecule has 0 aliphatic carbocycles. The van der Waals surface area contributed by atoms with Crippen LogP contribution >= 0.6 is 27.3 Å². The Hall–Kier alpha value is -1.45. The molecule has 0 atom stereocenters. The molecule has 0 bridgehead atoms. The monoisotopic (exact) mass is 342 g/mol. The molecule has 1 aromatic carbocycles. The van der Waals surface area contributed by atoms with Gasteiger partial charge in [0, 0.05) is 13.6 Å². The van der Waals surface area contributed by atoms with Crippen molar-refractivity contribution in [1.82, 2.24) is 0 Å². The maximum Gasteiger partial charge on any atom is 0.183 e. The SMILES string of the molecule is CN(Cc1csc(Br)c1)c1ccc(C#N)c(F)c1F. The van der Waals surface area contributed by atoms with Crippen LogP contribution < -0.4 is 4.90 Å². The number of nitriles is 1. The standard InChI is InChI=1S/C13H9BrF2N2S/c1-18(6-8-4-11(14)19-7-8)10-3-2-9(5-17)12(15)13(10)16/h2-4,7H,6H2,1H3. The Morgan fingerprint density at radius 1 is 1.37 bits per heavy atom. The van der Waals surface area contributed by atoms with E-state index in [4.69, 9.17) is 5.26 Å². The molecular formula is C13H9BrF2N2S. The Morgan fingerprint density at radius 2 is 2.11 bits per heavy atom. The highest BCUT2D eigenvalue weighted by Gasteiger charge is 2.16. The van der Waals surface area contributed by atoms with E-state index >= 15 is 0 Å². The Labute approximate surface area is 122 Å². The average molecular weight is 343 g/mol. The van der Waals surface area contributed by atoms with E-state index in [-0.39, 0.29) is 11.3 Å². The summed E-state index contributed by atoms with van der Waals surface area (Å²) in [5, 5.41) is 10.6. The number of benzene rings is 1. The normalized spacial score (nSPS) is 10.3. The number of anilines is 1. The minimum Gasteiger partial charge on any atom is -0.368 e. The Bertz CT molecular complexity index is 649. The van der Waals surface area contributed by atoms with Gasteiger partial charge < -0.3 is 4.90 Å². The third-order valence-electron chi connectivity index (χ3n) is 2.64. The van der Waals surface area contributed by atoms with Crippen LogP contribution in [-0.2, 0) is 6.54 Å². The van der Waals surface area contributed by atoms with Gasteiger partial charge in [-0.25, -0.2) is 8.78 Å². The summed E-state index contributed by atoms with van der Waals surface area (Å²) < 4.78 is 28.4. The first kappa shape index (κ1) is 14.0. The van der Waals surface area contributed by atoms with Crippen molar-refractivity contribution in [3.05, 3.63) is 50.1 Å². The molecular weight excluding hydrogens is 334 g/mol. The molecule has 0 saturated heterocycles. The van der Waals surface area contributed by atoms with E-state index < -0.39 is 11.6 Å². The fourth-order valence-corrected chi connectivity index (χ4v) is 2.91. The quantitative estimate of drug-likeness (QED) is 0.831. The second kappa shape index (κ2) is 5.68. The zero-order chi connectivity index (χ0) is 14.0. The molecule has 2 rings (SSSR count). The molecule has 0 amide bonds. The second-order valence-electron chi connectivity index (χ2n) is 3.99. The van der Waals surface area contributed by atoms with Crippen LogP contribution in [0.25, 0.3) is 0 Å². The zero-order valence-corrected chi connectivity index (χ0v) is 12.4. The molecule has 98 valence electrons. The lowest BCUT2D eigenvalue weighted by molar-refractivity contribution is 0.505. The van der Waals surface area contributed by atoms with Gasteiger partial charge in [-0.3, -0.25) is 0 Å². The molecule has 19 heavy (non-hydrogen) atoms. The smallest absolute Gasteiger partial charge is 0.183 e. The highest BCUT2D eigenvalue weighted by atomic mass is 79.9. The first-order chi connectivity index (χ1) is 9.02. The highest BCUT2D eigenvalue weighted by Crippen LogP contribution is 2.26. The molecule has 1 aromatic heterocycles. The van der Waals surface area contributed by atoms with Crippen LogP contribution in [0.5, 0.6) is 0 Å². The molecule has 0 radical (unpaired) electrons. The summed E-state index contributed by atoms with van der Waals surface area (Å²) in [6.45, 7) is 0.463. The zero-order valence-electron chi connectivity index (χ0n) is 9.95. The number of halogens is 3. The first-order valence-electron chi connectivity index (χ1n) is 5.35. The van der Waals surface area contributed by atoms with Gasteiger partial charge in [0.25, 0.3) is 0 Å². The van der Waals surface area contributed by atoms with Crippen LogP contribution in [0.15, 0.2) is 27.4 Å². The van der Waals surface area contributed by atoms with Crippen LogP contribution in [-0.4, -0.2) is 7.05 Å². The molecule has 6 heteroatoms. The summed E-state index contributed by atoms with van der Waals surface area (Å²) in [6.07, 6.45) is 0. The summed E-state index contributed by atoms with van der Waals surface area (Å²) >= 11 is 4.89. The Kier molecular flexibility index (Phi) is 4.17. The van der Waals surface area contributed by atoms with Crippen LogP contribution in [0.3, 0.4) is 0 Å². The van der Waals surface area contributed by atoms with E-state index in [0.29, 0.717) is 6.54 Å². The number of rotatable bonds is 3. The predicted molar refractivity (Wildman–Crippen MR) is 75.2 cm³/mol. The number of hydrogen-bond acceptors (Lipinski definition) is 3. The van der Waals surface area contributed by atoms with Crippen molar-refractivity contribution in [3.8, 4) is 6.07 Å². The molecule has 0 unspecified atom stereocenters. The Morgan fingerprint density at radius 3 is 2.68 bits per heavy atom. The molecule has 0 aliphatic rings. The van der Waals surface area contributed by atoms with Gasteiger partial charge in [0.05, 0.1) is 15.0 Å². The topological polar surface area (TPSA) is 27.0 Å². The van der Waals surface area contributed by atoms with Crippen LogP contribution in [0.2, 0.25) is 0 Å². The van der Waals surface area contributed by atoms with Gasteiger partial charge in [-0.15, -0.1) is 11.3 Å². The minimum atomic E-state index is -1.10. The average Bonchev–Trinajstić information content (AvgIpc) is 2.78. The number of nitrogens with zero attached hydrogens (tertiary/aromatic N) is 2. The van der Waals surface area contributed by atoms with Crippen molar-refractivity contribution in [2.75, 3.05) is 11.9 Å². The second-order valence-corrected chi connectivity index (χ2v) is 6.28. The predicted octanol–water partition coefficient (Wildman–Crippen LogP) is 4.30. The van der Waals surface area contributed by atoms with Crippen molar-refractivity contribution in [3.63, 3.8) is 0 Å². The first-order valence-corrected chi connectivity index (χ1v) is 7.02. The van der Waals surface area contributed by atoms with Crippen molar-refractivity contribution in [2.45, 2.75) is 6.54 Å². The molecule has 0 fully saturated rings. The molecule has 0 aliphatic heterocycles. The molecule has 0 saturated carbocycles. The van der Waals surface area contributed by atoms with Crippen LogP contribution in [0.1, 0.15) is 11.1 Å². The van der Waals surface area contributed by atoms with E-state index in [0.717, 1.165) is 9.35 Å². The molecule has 1 heterocycles. The van der Waals surface area contributed by atoms with Crippen LogP contribution in [0.4, 0.5) is 14.5 Å². The molecule has 2 nitrogen and oxygen atoms in total. The maximum atomic E-state index is 13.8. The van der Waals surface area contributed by atoms with E-state index in [1.54, 1.807) is 18.0 Å². The lowest BCUT2D eigenvalue weighted by atomic mass is 10.2. The van der Waals surface area contributed by atoms with Gasteiger partial charge in [-0.1, -0.05) is 0 Å². The summed E-state index contributed by atoms with van der Waals surface area (Å²) in [5.74, 6) is -2.09. The molecule has 2 aromatic rings. The van der Waals surface area contributed by atoms with Crippen molar-refractivity contribution >= 4 is 33.0 Å². The van der Waals surface area contributed by atoms with Crippen LogP contribution in [0, 0.1) is 23.0 Å². The fourth-order valence-electron chi connectivity index (χ4n) is 1.71. The van der Waals surface area contributed by atoms with Crippen molar-refractivity contribution in [1.29, 1.82) is 5.26 Å². The van der Waals surface area contributed by atoms with Gasteiger partial charge >= 0.3 is 0 Å². The summed E-state index contributed by atoms with van der Waals surface area (Å²) in [4.78, 5) is 1.61. The van der Waals surface area contributed by atoms with E-state index in [2.05, 4.69) is 15.9 Å². The largest absolute Gasteiger partial charge is 0.368 e. The van der Waals surface area contributed by atoms with Gasteiger partial charge in [0.2, 0.25) is 0 Å². The molecule has 0 spiro atoms. The third kappa shape index (κ3) is 2.94. The third-order valence-corrected chi connectivity index (χ3v) is 4.19. The van der Waals surface area contributed by atoms with E-state index in [1.165, 1.54) is 23.5 Å². The van der Waals surface area contributed by atoms with E-state index in [1.807, 2.05) is 11.4 Å². The summed E-state index contributed by atoms with van der Waals surface area (Å²) in [6, 6.07) is 6.25. The number of thiophene rings is 1. The van der Waals surface area contributed by atoms with Crippen molar-refractivity contribution in [2.24, 2.45) is 0 Å². The lowest BCUT2D eigenvalue weighted by Gasteiger charge is -2.19. The lowest BCUT2D eigenvalue weighted by Crippen LogP contribution is -2.18. The van der Waals surface area contributed by atoms with Gasteiger partial charge in [0.1, 0.15) is 6.07 Å². The minimum absolute atomic E-state index is 0.138. The summed E-state index contributed by atoms with van der Waals surface area (Å²) in [5.41, 5.74) is 0.857. The number of hydrogen-bond donors (Lipinski definition) is 0. The van der Waals surface area contributed by atoms with Crippen molar-refractivity contribution < 1.29 is 8.78 Å². The van der Waals surface area contributed by atoms with Gasteiger partial charge in [-0.2, -0.15) is 5.26 Å². The maximum absolute atomic E-state index is 13.8.